The van der Waals surface area contributed by atoms with Crippen molar-refractivity contribution in [2.75, 3.05) is 6.61 Å². The minimum Gasteiger partial charge on any atom is -0.480 e. The summed E-state index contributed by atoms with van der Waals surface area (Å²) < 4.78 is 11.2. The van der Waals surface area contributed by atoms with Gasteiger partial charge in [-0.2, -0.15) is 0 Å². The maximum absolute atomic E-state index is 12.0. The van der Waals surface area contributed by atoms with Gasteiger partial charge in [-0.05, 0) is 46.0 Å². The highest BCUT2D eigenvalue weighted by Gasteiger charge is 2.31. The van der Waals surface area contributed by atoms with Gasteiger partial charge in [0, 0.05) is 0 Å². The Morgan fingerprint density at radius 1 is 1.09 bits per heavy atom. The van der Waals surface area contributed by atoms with E-state index in [1.54, 1.807) is 13.8 Å². The molecule has 6 nitrogen and oxygen atoms in total. The largest absolute Gasteiger partial charge is 0.480 e. The molecule has 0 aromatic carbocycles. The third-order valence-electron chi connectivity index (χ3n) is 3.85. The van der Waals surface area contributed by atoms with Crippen LogP contribution in [0.15, 0.2) is 0 Å². The molecule has 23 heavy (non-hydrogen) atoms. The van der Waals surface area contributed by atoms with Crippen molar-refractivity contribution in [1.29, 1.82) is 0 Å². The van der Waals surface area contributed by atoms with Gasteiger partial charge in [0.1, 0.15) is 11.6 Å². The van der Waals surface area contributed by atoms with Crippen molar-refractivity contribution in [3.63, 3.8) is 0 Å². The summed E-state index contributed by atoms with van der Waals surface area (Å²) in [7, 11) is 0. The molecule has 0 saturated heterocycles. The number of carbonyl (C=O) groups is 2. The number of ether oxygens (including phenoxy) is 2. The van der Waals surface area contributed by atoms with Crippen LogP contribution in [0.3, 0.4) is 0 Å². The molecule has 0 fully saturated rings. The number of carbonyl (C=O) groups excluding carboxylic acids is 1. The van der Waals surface area contributed by atoms with E-state index >= 15 is 0 Å². The number of nitrogens with one attached hydrogen (secondary N) is 1. The zero-order valence-corrected chi connectivity index (χ0v) is 15.7. The van der Waals surface area contributed by atoms with E-state index in [0.717, 1.165) is 0 Å². The monoisotopic (exact) mass is 331 g/mol. The van der Waals surface area contributed by atoms with E-state index in [1.165, 1.54) is 0 Å². The van der Waals surface area contributed by atoms with Crippen LogP contribution in [0.4, 0.5) is 4.79 Å². The first-order chi connectivity index (χ1) is 10.3. The van der Waals surface area contributed by atoms with E-state index in [0.29, 0.717) is 12.3 Å². The summed E-state index contributed by atoms with van der Waals surface area (Å²) in [5, 5.41) is 11.6. The average molecular weight is 331 g/mol. The Kier molecular flexibility index (Phi) is 8.04. The summed E-state index contributed by atoms with van der Waals surface area (Å²) in [4.78, 5) is 23.1. The van der Waals surface area contributed by atoms with Crippen LogP contribution >= 0.6 is 0 Å². The number of rotatable bonds is 9. The van der Waals surface area contributed by atoms with Crippen molar-refractivity contribution in [1.82, 2.24) is 5.32 Å². The lowest BCUT2D eigenvalue weighted by atomic mass is 9.94. The molecule has 0 spiro atoms. The minimum atomic E-state index is -1.06. The van der Waals surface area contributed by atoms with E-state index in [9.17, 15) is 9.59 Å². The molecule has 1 atom stereocenters. The summed E-state index contributed by atoms with van der Waals surface area (Å²) in [6.07, 6.45) is -0.393. The Morgan fingerprint density at radius 3 is 2.00 bits per heavy atom. The second kappa shape index (κ2) is 8.52. The highest BCUT2D eigenvalue weighted by atomic mass is 16.6. The third kappa shape index (κ3) is 8.79. The molecule has 0 saturated carbocycles. The maximum atomic E-state index is 12.0. The molecule has 0 rings (SSSR count). The van der Waals surface area contributed by atoms with Crippen LogP contribution in [0.25, 0.3) is 0 Å². The SMILES string of the molecule is CC(C)CC(NC(=O)OC(C)(C)COC(C)(C)C(C)C)C(=O)O. The van der Waals surface area contributed by atoms with Gasteiger partial charge in [-0.1, -0.05) is 27.7 Å². The van der Waals surface area contributed by atoms with Crippen molar-refractivity contribution in [3.8, 4) is 0 Å². The predicted molar refractivity (Wildman–Crippen MR) is 89.4 cm³/mol. The molecule has 0 heterocycles. The highest BCUT2D eigenvalue weighted by Crippen LogP contribution is 2.23. The molecule has 0 aliphatic heterocycles. The van der Waals surface area contributed by atoms with E-state index in [2.05, 4.69) is 19.2 Å². The fraction of sp³-hybridized carbons (Fsp3) is 0.882. The van der Waals surface area contributed by atoms with Crippen molar-refractivity contribution in [3.05, 3.63) is 0 Å². The molecular weight excluding hydrogens is 298 g/mol. The first kappa shape index (κ1) is 21.7. The van der Waals surface area contributed by atoms with Gasteiger partial charge in [0.05, 0.1) is 12.2 Å². The molecule has 2 N–H and O–H groups in total. The first-order valence-corrected chi connectivity index (χ1v) is 8.13. The lowest BCUT2D eigenvalue weighted by molar-refractivity contribution is -0.140. The Balaban J connectivity index is 4.59. The van der Waals surface area contributed by atoms with Gasteiger partial charge in [-0.3, -0.25) is 0 Å². The molecule has 1 unspecified atom stereocenters. The van der Waals surface area contributed by atoms with Gasteiger partial charge in [-0.25, -0.2) is 9.59 Å². The summed E-state index contributed by atoms with van der Waals surface area (Å²) in [6.45, 7) is 15.6. The second-order valence-corrected chi connectivity index (χ2v) is 7.86. The van der Waals surface area contributed by atoms with Crippen LogP contribution in [0, 0.1) is 11.8 Å². The zero-order valence-electron chi connectivity index (χ0n) is 15.7. The number of carboxylic acids is 1. The fourth-order valence-electron chi connectivity index (χ4n) is 1.67. The number of amides is 1. The van der Waals surface area contributed by atoms with Gasteiger partial charge < -0.3 is 19.9 Å². The van der Waals surface area contributed by atoms with Crippen molar-refractivity contribution in [2.45, 2.75) is 79.1 Å². The lowest BCUT2D eigenvalue weighted by Crippen LogP contribution is -2.46. The quantitative estimate of drug-likeness (QED) is 0.676. The van der Waals surface area contributed by atoms with E-state index < -0.39 is 23.7 Å². The number of hydrogen-bond donors (Lipinski definition) is 2. The molecule has 0 aromatic heterocycles. The molecule has 0 bridgehead atoms. The van der Waals surface area contributed by atoms with Gasteiger partial charge in [-0.15, -0.1) is 0 Å². The summed E-state index contributed by atoms with van der Waals surface area (Å²) in [6, 6.07) is -0.952. The van der Waals surface area contributed by atoms with Gasteiger partial charge >= 0.3 is 12.1 Å². The molecule has 6 heteroatoms. The minimum absolute atomic E-state index is 0.152. The van der Waals surface area contributed by atoms with E-state index in [4.69, 9.17) is 14.6 Å². The maximum Gasteiger partial charge on any atom is 0.408 e. The van der Waals surface area contributed by atoms with Crippen LogP contribution in [0.5, 0.6) is 0 Å². The van der Waals surface area contributed by atoms with E-state index in [1.807, 2.05) is 27.7 Å². The Bertz CT molecular complexity index is 402. The summed E-state index contributed by atoms with van der Waals surface area (Å²) in [5.41, 5.74) is -1.19. The fourth-order valence-corrected chi connectivity index (χ4v) is 1.67. The molecule has 0 radical (unpaired) electrons. The number of carboxylic acid groups (broad SMARTS) is 1. The number of alkyl carbamates (subject to hydrolysis) is 1. The molecule has 0 aliphatic carbocycles. The van der Waals surface area contributed by atoms with Gasteiger partial charge in [0.2, 0.25) is 0 Å². The third-order valence-corrected chi connectivity index (χ3v) is 3.85. The number of aliphatic carboxylic acids is 1. The van der Waals surface area contributed by atoms with Crippen molar-refractivity contribution in [2.24, 2.45) is 11.8 Å². The van der Waals surface area contributed by atoms with Crippen LogP contribution in [0.2, 0.25) is 0 Å². The topological polar surface area (TPSA) is 84.9 Å². The van der Waals surface area contributed by atoms with Crippen LogP contribution in [-0.4, -0.2) is 41.0 Å². The summed E-state index contributed by atoms with van der Waals surface area (Å²) in [5.74, 6) is -0.597. The Labute approximate surface area is 139 Å². The zero-order chi connectivity index (χ0) is 18.4. The van der Waals surface area contributed by atoms with Crippen molar-refractivity contribution < 1.29 is 24.2 Å². The number of hydrogen-bond acceptors (Lipinski definition) is 4. The molecular formula is C17H33NO5. The lowest BCUT2D eigenvalue weighted by Gasteiger charge is -2.34. The van der Waals surface area contributed by atoms with Crippen LogP contribution in [0.1, 0.15) is 61.8 Å². The average Bonchev–Trinajstić information content (AvgIpc) is 2.34. The van der Waals surface area contributed by atoms with Gasteiger partial charge in [0.25, 0.3) is 0 Å². The van der Waals surface area contributed by atoms with Gasteiger partial charge in [0.15, 0.2) is 0 Å². The van der Waals surface area contributed by atoms with Crippen molar-refractivity contribution >= 4 is 12.1 Å². The predicted octanol–water partition coefficient (Wildman–Crippen LogP) is 3.44. The molecule has 0 aromatic rings. The Morgan fingerprint density at radius 2 is 1.61 bits per heavy atom. The standard InChI is InChI=1S/C17H33NO5/c1-11(2)9-13(14(19)20)18-15(21)23-16(5,6)10-22-17(7,8)12(3)4/h11-13H,9-10H2,1-8H3,(H,18,21)(H,19,20). The highest BCUT2D eigenvalue weighted by molar-refractivity contribution is 5.80. The van der Waals surface area contributed by atoms with Crippen LogP contribution in [-0.2, 0) is 14.3 Å². The first-order valence-electron chi connectivity index (χ1n) is 8.13. The summed E-state index contributed by atoms with van der Waals surface area (Å²) >= 11 is 0. The Hall–Kier alpha value is -1.30. The van der Waals surface area contributed by atoms with Crippen LogP contribution < -0.4 is 5.32 Å². The smallest absolute Gasteiger partial charge is 0.408 e. The normalized spacial score (nSPS) is 14.0. The molecule has 0 aliphatic rings. The second-order valence-electron chi connectivity index (χ2n) is 7.86. The van der Waals surface area contributed by atoms with E-state index in [-0.39, 0.29) is 18.1 Å². The molecule has 136 valence electrons. The molecule has 1 amide bonds.